The van der Waals surface area contributed by atoms with Crippen LogP contribution in [0.15, 0.2) is 12.4 Å². The lowest BCUT2D eigenvalue weighted by Gasteiger charge is -2.08. The molecule has 0 saturated carbocycles. The SMILES string of the molecule is CCCn1cc(CNCC2CCCS2)cn1. The predicted molar refractivity (Wildman–Crippen MR) is 69.7 cm³/mol. The smallest absolute Gasteiger partial charge is 0.0534 e. The molecule has 2 heterocycles. The molecule has 0 radical (unpaired) electrons. The highest BCUT2D eigenvalue weighted by atomic mass is 32.2. The Balaban J connectivity index is 1.67. The normalized spacial score (nSPS) is 20.4. The number of aromatic nitrogens is 2. The summed E-state index contributed by atoms with van der Waals surface area (Å²) in [6, 6.07) is 0. The minimum Gasteiger partial charge on any atom is -0.311 e. The van der Waals surface area contributed by atoms with Crippen molar-refractivity contribution >= 4 is 11.8 Å². The van der Waals surface area contributed by atoms with Gasteiger partial charge < -0.3 is 5.32 Å². The van der Waals surface area contributed by atoms with Crippen LogP contribution in [0.2, 0.25) is 0 Å². The summed E-state index contributed by atoms with van der Waals surface area (Å²) < 4.78 is 2.03. The molecule has 0 spiro atoms. The van der Waals surface area contributed by atoms with Gasteiger partial charge in [0.15, 0.2) is 0 Å². The minimum absolute atomic E-state index is 0.839. The van der Waals surface area contributed by atoms with Crippen LogP contribution in [0.3, 0.4) is 0 Å². The molecule has 0 bridgehead atoms. The van der Waals surface area contributed by atoms with Gasteiger partial charge in [-0.15, -0.1) is 0 Å². The third kappa shape index (κ3) is 3.52. The zero-order valence-corrected chi connectivity index (χ0v) is 10.8. The molecule has 2 rings (SSSR count). The van der Waals surface area contributed by atoms with E-state index in [2.05, 4.69) is 35.3 Å². The Morgan fingerprint density at radius 3 is 3.31 bits per heavy atom. The number of thioether (sulfide) groups is 1. The van der Waals surface area contributed by atoms with E-state index in [0.717, 1.165) is 31.3 Å². The van der Waals surface area contributed by atoms with Gasteiger partial charge in [0, 0.05) is 36.6 Å². The van der Waals surface area contributed by atoms with Crippen LogP contribution >= 0.6 is 11.8 Å². The first-order chi connectivity index (χ1) is 7.88. The first-order valence-electron chi connectivity index (χ1n) is 6.22. The molecule has 1 N–H and O–H groups in total. The number of rotatable bonds is 6. The maximum Gasteiger partial charge on any atom is 0.0534 e. The number of aryl methyl sites for hydroxylation is 1. The predicted octanol–water partition coefficient (Wildman–Crippen LogP) is 2.28. The highest BCUT2D eigenvalue weighted by Crippen LogP contribution is 2.25. The molecule has 1 aliphatic rings. The van der Waals surface area contributed by atoms with Gasteiger partial charge in [-0.2, -0.15) is 16.9 Å². The Morgan fingerprint density at radius 1 is 1.62 bits per heavy atom. The van der Waals surface area contributed by atoms with Crippen LogP contribution in [0.5, 0.6) is 0 Å². The lowest BCUT2D eigenvalue weighted by molar-refractivity contribution is 0.600. The van der Waals surface area contributed by atoms with Crippen LogP contribution in [-0.2, 0) is 13.1 Å². The maximum absolute atomic E-state index is 4.33. The summed E-state index contributed by atoms with van der Waals surface area (Å²) in [6.07, 6.45) is 8.05. The molecule has 1 aromatic rings. The molecule has 1 aromatic heterocycles. The van der Waals surface area contributed by atoms with E-state index in [1.165, 1.54) is 24.2 Å². The van der Waals surface area contributed by atoms with Crippen molar-refractivity contribution in [2.24, 2.45) is 0 Å². The van der Waals surface area contributed by atoms with Crippen LogP contribution in [0.4, 0.5) is 0 Å². The van der Waals surface area contributed by atoms with Crippen molar-refractivity contribution in [3.8, 4) is 0 Å². The lowest BCUT2D eigenvalue weighted by Crippen LogP contribution is -2.22. The van der Waals surface area contributed by atoms with E-state index < -0.39 is 0 Å². The van der Waals surface area contributed by atoms with Gasteiger partial charge in [0.2, 0.25) is 0 Å². The van der Waals surface area contributed by atoms with Gasteiger partial charge in [0.25, 0.3) is 0 Å². The summed E-state index contributed by atoms with van der Waals surface area (Å²) >= 11 is 2.11. The largest absolute Gasteiger partial charge is 0.311 e. The molecule has 0 aromatic carbocycles. The summed E-state index contributed by atoms with van der Waals surface area (Å²) in [4.78, 5) is 0. The van der Waals surface area contributed by atoms with E-state index in [1.807, 2.05) is 10.9 Å². The second-order valence-corrected chi connectivity index (χ2v) is 5.79. The summed E-state index contributed by atoms with van der Waals surface area (Å²) in [5, 5.41) is 8.69. The summed E-state index contributed by atoms with van der Waals surface area (Å²) in [7, 11) is 0. The van der Waals surface area contributed by atoms with Gasteiger partial charge in [0.1, 0.15) is 0 Å². The fourth-order valence-corrected chi connectivity index (χ4v) is 3.27. The molecule has 1 atom stereocenters. The maximum atomic E-state index is 4.33. The Kier molecular flexibility index (Phi) is 4.72. The summed E-state index contributed by atoms with van der Waals surface area (Å²) in [5.74, 6) is 1.35. The van der Waals surface area contributed by atoms with Gasteiger partial charge in [-0.05, 0) is 25.0 Å². The van der Waals surface area contributed by atoms with Crippen molar-refractivity contribution in [1.82, 2.24) is 15.1 Å². The van der Waals surface area contributed by atoms with Crippen molar-refractivity contribution in [2.75, 3.05) is 12.3 Å². The molecule has 4 heteroatoms. The third-order valence-corrected chi connectivity index (χ3v) is 4.26. The molecule has 0 aliphatic carbocycles. The van der Waals surface area contributed by atoms with Gasteiger partial charge in [-0.3, -0.25) is 4.68 Å². The van der Waals surface area contributed by atoms with Gasteiger partial charge in [-0.25, -0.2) is 0 Å². The van der Waals surface area contributed by atoms with Crippen LogP contribution in [0, 0.1) is 0 Å². The quantitative estimate of drug-likeness (QED) is 0.826. The van der Waals surface area contributed by atoms with Gasteiger partial charge >= 0.3 is 0 Å². The molecular weight excluding hydrogens is 218 g/mol. The molecule has 1 unspecified atom stereocenters. The monoisotopic (exact) mass is 239 g/mol. The molecule has 90 valence electrons. The fraction of sp³-hybridized carbons (Fsp3) is 0.750. The van der Waals surface area contributed by atoms with Crippen molar-refractivity contribution in [1.29, 1.82) is 0 Å². The van der Waals surface area contributed by atoms with E-state index in [-0.39, 0.29) is 0 Å². The van der Waals surface area contributed by atoms with Crippen molar-refractivity contribution in [3.63, 3.8) is 0 Å². The highest BCUT2D eigenvalue weighted by molar-refractivity contribution is 8.00. The molecule has 3 nitrogen and oxygen atoms in total. The van der Waals surface area contributed by atoms with Crippen molar-refractivity contribution in [3.05, 3.63) is 18.0 Å². The van der Waals surface area contributed by atoms with Crippen molar-refractivity contribution in [2.45, 2.75) is 44.5 Å². The summed E-state index contributed by atoms with van der Waals surface area (Å²) in [6.45, 7) is 5.31. The standard InChI is InChI=1S/C12H21N3S/c1-2-5-15-10-11(8-14-15)7-13-9-12-4-3-6-16-12/h8,10,12-13H,2-7,9H2,1H3. The topological polar surface area (TPSA) is 29.9 Å². The number of nitrogens with one attached hydrogen (secondary N) is 1. The molecular formula is C12H21N3S. The average Bonchev–Trinajstić information content (AvgIpc) is 2.90. The van der Waals surface area contributed by atoms with E-state index in [4.69, 9.17) is 0 Å². The molecule has 0 amide bonds. The number of hydrogen-bond acceptors (Lipinski definition) is 3. The average molecular weight is 239 g/mol. The van der Waals surface area contributed by atoms with E-state index in [1.54, 1.807) is 0 Å². The molecule has 1 saturated heterocycles. The zero-order chi connectivity index (χ0) is 11.2. The number of nitrogens with zero attached hydrogens (tertiary/aromatic N) is 2. The van der Waals surface area contributed by atoms with Crippen LogP contribution < -0.4 is 5.32 Å². The van der Waals surface area contributed by atoms with Gasteiger partial charge in [0.05, 0.1) is 6.20 Å². The van der Waals surface area contributed by atoms with Crippen LogP contribution in [-0.4, -0.2) is 27.3 Å². The van der Waals surface area contributed by atoms with E-state index in [0.29, 0.717) is 0 Å². The highest BCUT2D eigenvalue weighted by Gasteiger charge is 2.14. The molecule has 1 fully saturated rings. The second-order valence-electron chi connectivity index (χ2n) is 4.38. The Labute approximate surface area is 102 Å². The fourth-order valence-electron chi connectivity index (χ4n) is 2.03. The first kappa shape index (κ1) is 12.0. The minimum atomic E-state index is 0.839. The Bertz CT molecular complexity index is 305. The first-order valence-corrected chi connectivity index (χ1v) is 7.27. The van der Waals surface area contributed by atoms with Crippen molar-refractivity contribution < 1.29 is 0 Å². The Morgan fingerprint density at radius 2 is 2.56 bits per heavy atom. The van der Waals surface area contributed by atoms with Crippen LogP contribution in [0.25, 0.3) is 0 Å². The van der Waals surface area contributed by atoms with E-state index >= 15 is 0 Å². The molecule has 1 aliphatic heterocycles. The summed E-state index contributed by atoms with van der Waals surface area (Å²) in [5.41, 5.74) is 1.30. The third-order valence-electron chi connectivity index (χ3n) is 2.86. The Hall–Kier alpha value is -0.480. The number of hydrogen-bond donors (Lipinski definition) is 1. The van der Waals surface area contributed by atoms with E-state index in [9.17, 15) is 0 Å². The van der Waals surface area contributed by atoms with Crippen LogP contribution in [0.1, 0.15) is 31.7 Å². The lowest BCUT2D eigenvalue weighted by atomic mass is 10.2. The molecule has 16 heavy (non-hydrogen) atoms. The zero-order valence-electron chi connectivity index (χ0n) is 9.98. The second kappa shape index (κ2) is 6.30. The van der Waals surface area contributed by atoms with Gasteiger partial charge in [-0.1, -0.05) is 6.92 Å².